The van der Waals surface area contributed by atoms with Crippen LogP contribution >= 0.6 is 12.4 Å². The number of carbonyl (C=O) groups excluding carboxylic acids is 2. The van der Waals surface area contributed by atoms with Gasteiger partial charge in [-0.3, -0.25) is 14.7 Å². The zero-order valence-corrected chi connectivity index (χ0v) is 16.6. The lowest BCUT2D eigenvalue weighted by Crippen LogP contribution is -2.49. The number of benzene rings is 1. The monoisotopic (exact) mass is 403 g/mol. The van der Waals surface area contributed by atoms with Crippen molar-refractivity contribution in [1.82, 2.24) is 25.7 Å². The van der Waals surface area contributed by atoms with Crippen LogP contribution in [0, 0.1) is 0 Å². The molecule has 1 unspecified atom stereocenters. The molecule has 1 fully saturated rings. The van der Waals surface area contributed by atoms with E-state index < -0.39 is 0 Å². The topological polar surface area (TPSA) is 90.1 Å². The van der Waals surface area contributed by atoms with E-state index in [0.29, 0.717) is 30.9 Å². The van der Waals surface area contributed by atoms with Crippen molar-refractivity contribution in [3.8, 4) is 0 Å². The Kier molecular flexibility index (Phi) is 6.70. The SMILES string of the molecule is Cl.O=C(NCC1CCCCN1C(=O)c1n[nH]c2c1CNCC2)c1ccccc1. The van der Waals surface area contributed by atoms with Gasteiger partial charge in [-0.25, -0.2) is 0 Å². The highest BCUT2D eigenvalue weighted by atomic mass is 35.5. The number of fused-ring (bicyclic) bond motifs is 1. The Morgan fingerprint density at radius 1 is 1.21 bits per heavy atom. The maximum Gasteiger partial charge on any atom is 0.275 e. The van der Waals surface area contributed by atoms with Gasteiger partial charge in [0, 0.05) is 55.5 Å². The number of H-pyrrole nitrogens is 1. The fourth-order valence-corrected chi connectivity index (χ4v) is 3.92. The highest BCUT2D eigenvalue weighted by Gasteiger charge is 2.31. The molecule has 0 bridgehead atoms. The summed E-state index contributed by atoms with van der Waals surface area (Å²) in [7, 11) is 0. The van der Waals surface area contributed by atoms with Crippen molar-refractivity contribution in [1.29, 1.82) is 0 Å². The first-order valence-electron chi connectivity index (χ1n) is 9.65. The minimum absolute atomic E-state index is 0. The molecule has 1 saturated heterocycles. The van der Waals surface area contributed by atoms with Crippen molar-refractivity contribution in [3.05, 3.63) is 52.8 Å². The first-order chi connectivity index (χ1) is 13.2. The molecule has 1 aromatic heterocycles. The predicted octanol–water partition coefficient (Wildman–Crippen LogP) is 1.90. The van der Waals surface area contributed by atoms with Gasteiger partial charge in [0.05, 0.1) is 0 Å². The summed E-state index contributed by atoms with van der Waals surface area (Å²) in [6.07, 6.45) is 3.81. The Balaban J connectivity index is 0.00000225. The molecule has 1 atom stereocenters. The van der Waals surface area contributed by atoms with Crippen molar-refractivity contribution < 1.29 is 9.59 Å². The highest BCUT2D eigenvalue weighted by molar-refractivity contribution is 5.95. The molecule has 0 saturated carbocycles. The average Bonchev–Trinajstić information content (AvgIpc) is 3.16. The third-order valence-corrected chi connectivity index (χ3v) is 5.43. The first kappa shape index (κ1) is 20.4. The second-order valence-corrected chi connectivity index (χ2v) is 7.18. The number of nitrogens with zero attached hydrogens (tertiary/aromatic N) is 2. The minimum Gasteiger partial charge on any atom is -0.350 e. The molecule has 2 amide bonds. The van der Waals surface area contributed by atoms with E-state index in [1.54, 1.807) is 12.1 Å². The Morgan fingerprint density at radius 3 is 2.86 bits per heavy atom. The van der Waals surface area contributed by atoms with Gasteiger partial charge in [-0.2, -0.15) is 5.10 Å². The molecule has 28 heavy (non-hydrogen) atoms. The standard InChI is InChI=1S/C20H25N5O2.ClH/c26-19(14-6-2-1-3-7-14)22-12-15-8-4-5-11-25(15)20(27)18-16-13-21-10-9-17(16)23-24-18;/h1-3,6-7,15,21H,4-5,8-13H2,(H,22,26)(H,23,24);1H. The third-order valence-electron chi connectivity index (χ3n) is 5.43. The molecule has 4 rings (SSSR count). The van der Waals surface area contributed by atoms with Gasteiger partial charge in [0.1, 0.15) is 0 Å². The summed E-state index contributed by atoms with van der Waals surface area (Å²) in [6, 6.07) is 9.17. The third kappa shape index (κ3) is 4.20. The van der Waals surface area contributed by atoms with Gasteiger partial charge in [-0.15, -0.1) is 12.4 Å². The van der Waals surface area contributed by atoms with Crippen molar-refractivity contribution in [2.45, 2.75) is 38.3 Å². The van der Waals surface area contributed by atoms with Crippen molar-refractivity contribution in [3.63, 3.8) is 0 Å². The van der Waals surface area contributed by atoms with Crippen LogP contribution in [-0.4, -0.2) is 52.6 Å². The summed E-state index contributed by atoms with van der Waals surface area (Å²) < 4.78 is 0. The summed E-state index contributed by atoms with van der Waals surface area (Å²) in [4.78, 5) is 27.4. The quantitative estimate of drug-likeness (QED) is 0.727. The number of hydrogen-bond acceptors (Lipinski definition) is 4. The van der Waals surface area contributed by atoms with Crippen molar-refractivity contribution in [2.75, 3.05) is 19.6 Å². The smallest absolute Gasteiger partial charge is 0.275 e. The second-order valence-electron chi connectivity index (χ2n) is 7.18. The lowest BCUT2D eigenvalue weighted by molar-refractivity contribution is 0.0595. The molecule has 1 aromatic carbocycles. The van der Waals surface area contributed by atoms with E-state index in [1.807, 2.05) is 23.1 Å². The van der Waals surface area contributed by atoms with E-state index in [2.05, 4.69) is 20.8 Å². The number of piperidine rings is 1. The van der Waals surface area contributed by atoms with Gasteiger partial charge in [0.25, 0.3) is 11.8 Å². The van der Waals surface area contributed by atoms with E-state index >= 15 is 0 Å². The van der Waals surface area contributed by atoms with Crippen molar-refractivity contribution in [2.24, 2.45) is 0 Å². The van der Waals surface area contributed by atoms with Crippen LogP contribution in [0.2, 0.25) is 0 Å². The van der Waals surface area contributed by atoms with E-state index in [9.17, 15) is 9.59 Å². The van der Waals surface area contributed by atoms with Crippen LogP contribution in [0.15, 0.2) is 30.3 Å². The van der Waals surface area contributed by atoms with E-state index in [4.69, 9.17) is 0 Å². The Labute approximate surface area is 170 Å². The van der Waals surface area contributed by atoms with Crippen LogP contribution in [0.25, 0.3) is 0 Å². The van der Waals surface area contributed by atoms with Crippen LogP contribution in [0.4, 0.5) is 0 Å². The zero-order chi connectivity index (χ0) is 18.6. The summed E-state index contributed by atoms with van der Waals surface area (Å²) in [5, 5.41) is 13.6. The highest BCUT2D eigenvalue weighted by Crippen LogP contribution is 2.22. The summed E-state index contributed by atoms with van der Waals surface area (Å²) in [5.74, 6) is -0.134. The molecule has 8 heteroatoms. The van der Waals surface area contributed by atoms with Gasteiger partial charge in [0.2, 0.25) is 0 Å². The Bertz CT molecular complexity index is 823. The molecular formula is C20H26ClN5O2. The Hall–Kier alpha value is -2.38. The molecule has 0 spiro atoms. The number of nitrogens with one attached hydrogen (secondary N) is 3. The number of hydrogen-bond donors (Lipinski definition) is 3. The van der Waals surface area contributed by atoms with Crippen LogP contribution in [-0.2, 0) is 13.0 Å². The maximum absolute atomic E-state index is 13.2. The maximum atomic E-state index is 13.2. The molecule has 7 nitrogen and oxygen atoms in total. The fraction of sp³-hybridized carbons (Fsp3) is 0.450. The normalized spacial score (nSPS) is 18.7. The van der Waals surface area contributed by atoms with Crippen LogP contribution < -0.4 is 10.6 Å². The molecule has 2 aromatic rings. The molecule has 0 aliphatic carbocycles. The second kappa shape index (κ2) is 9.21. The lowest BCUT2D eigenvalue weighted by Gasteiger charge is -2.35. The van der Waals surface area contributed by atoms with Gasteiger partial charge in [-0.1, -0.05) is 18.2 Å². The molecule has 150 valence electrons. The largest absolute Gasteiger partial charge is 0.350 e. The number of likely N-dealkylation sites (tertiary alicyclic amines) is 1. The lowest BCUT2D eigenvalue weighted by atomic mass is 10.00. The van der Waals surface area contributed by atoms with Gasteiger partial charge in [0.15, 0.2) is 5.69 Å². The van der Waals surface area contributed by atoms with Crippen LogP contribution in [0.5, 0.6) is 0 Å². The summed E-state index contributed by atoms with van der Waals surface area (Å²) in [6.45, 7) is 2.75. The number of aromatic nitrogens is 2. The zero-order valence-electron chi connectivity index (χ0n) is 15.7. The summed E-state index contributed by atoms with van der Waals surface area (Å²) >= 11 is 0. The molecule has 0 radical (unpaired) electrons. The number of aromatic amines is 1. The molecule has 3 heterocycles. The van der Waals surface area contributed by atoms with Crippen molar-refractivity contribution >= 4 is 24.2 Å². The Morgan fingerprint density at radius 2 is 2.04 bits per heavy atom. The van der Waals surface area contributed by atoms with Gasteiger partial charge < -0.3 is 15.5 Å². The first-order valence-corrected chi connectivity index (χ1v) is 9.65. The number of halogens is 1. The molecule has 2 aliphatic heterocycles. The van der Waals surface area contributed by atoms with Gasteiger partial charge in [-0.05, 0) is 31.4 Å². The molecule has 3 N–H and O–H groups in total. The molecular weight excluding hydrogens is 378 g/mol. The number of rotatable bonds is 4. The predicted molar refractivity (Wildman–Crippen MR) is 109 cm³/mol. The van der Waals surface area contributed by atoms with Gasteiger partial charge >= 0.3 is 0 Å². The number of amides is 2. The van der Waals surface area contributed by atoms with Crippen LogP contribution in [0.3, 0.4) is 0 Å². The minimum atomic E-state index is -0.102. The number of carbonyl (C=O) groups is 2. The van der Waals surface area contributed by atoms with E-state index in [-0.39, 0.29) is 30.3 Å². The van der Waals surface area contributed by atoms with E-state index in [1.165, 1.54) is 0 Å². The fourth-order valence-electron chi connectivity index (χ4n) is 3.92. The molecule has 2 aliphatic rings. The summed E-state index contributed by atoms with van der Waals surface area (Å²) in [5.41, 5.74) is 3.21. The van der Waals surface area contributed by atoms with E-state index in [0.717, 1.165) is 43.5 Å². The average molecular weight is 404 g/mol. The van der Waals surface area contributed by atoms with Crippen LogP contribution in [0.1, 0.15) is 51.4 Å².